The van der Waals surface area contributed by atoms with Crippen LogP contribution in [-0.4, -0.2) is 21.0 Å². The van der Waals surface area contributed by atoms with Crippen molar-refractivity contribution >= 4 is 29.2 Å². The predicted molar refractivity (Wildman–Crippen MR) is 66.8 cm³/mol. The third-order valence-electron chi connectivity index (χ3n) is 2.08. The van der Waals surface area contributed by atoms with Crippen molar-refractivity contribution in [2.24, 2.45) is 0 Å². The van der Waals surface area contributed by atoms with E-state index in [-0.39, 0.29) is 12.6 Å². The van der Waals surface area contributed by atoms with Crippen LogP contribution in [0.15, 0.2) is 24.4 Å². The molecule has 7 heteroatoms. The van der Waals surface area contributed by atoms with Crippen LogP contribution in [-0.2, 0) is 16.1 Å². The molecule has 18 heavy (non-hydrogen) atoms. The predicted octanol–water partition coefficient (Wildman–Crippen LogP) is 2.64. The van der Waals surface area contributed by atoms with Gasteiger partial charge in [0.25, 0.3) is 0 Å². The number of benzene rings is 1. The third-order valence-corrected chi connectivity index (χ3v) is 2.51. The molecule has 5 nitrogen and oxygen atoms in total. The third kappa shape index (κ3) is 3.21. The van der Waals surface area contributed by atoms with Crippen LogP contribution in [0.4, 0.5) is 0 Å². The van der Waals surface area contributed by atoms with E-state index < -0.39 is 0 Å². The lowest BCUT2D eigenvalue weighted by Gasteiger charge is -2.01. The van der Waals surface area contributed by atoms with Gasteiger partial charge in [0.05, 0.1) is 11.9 Å². The molecule has 0 saturated heterocycles. The molecule has 1 aromatic heterocycles. The summed E-state index contributed by atoms with van der Waals surface area (Å²) in [5.74, 6) is -0.365. The van der Waals surface area contributed by atoms with E-state index in [0.29, 0.717) is 21.4 Å². The molecule has 0 radical (unpaired) electrons. The van der Waals surface area contributed by atoms with Gasteiger partial charge in [0.2, 0.25) is 0 Å². The number of carbonyl (C=O) groups is 1. The first-order valence-corrected chi connectivity index (χ1v) is 5.81. The molecule has 2 aromatic rings. The molecule has 0 fully saturated rings. The van der Waals surface area contributed by atoms with Crippen molar-refractivity contribution in [3.8, 4) is 5.69 Å². The lowest BCUT2D eigenvalue weighted by molar-refractivity contribution is -0.142. The molecule has 0 spiro atoms. The van der Waals surface area contributed by atoms with Gasteiger partial charge >= 0.3 is 5.97 Å². The second-order valence-corrected chi connectivity index (χ2v) is 4.44. The maximum atomic E-state index is 10.7. The maximum absolute atomic E-state index is 10.7. The first-order valence-electron chi connectivity index (χ1n) is 5.05. The van der Waals surface area contributed by atoms with Gasteiger partial charge in [0.15, 0.2) is 0 Å². The van der Waals surface area contributed by atoms with Crippen molar-refractivity contribution in [3.05, 3.63) is 40.1 Å². The number of halogens is 2. The molecular weight excluding hydrogens is 277 g/mol. The van der Waals surface area contributed by atoms with Crippen LogP contribution >= 0.6 is 23.2 Å². The Kier molecular flexibility index (Phi) is 3.84. The lowest BCUT2D eigenvalue weighted by atomic mass is 10.3. The Balaban J connectivity index is 2.21. The number of esters is 1. The van der Waals surface area contributed by atoms with Crippen LogP contribution in [0.5, 0.6) is 0 Å². The second-order valence-electron chi connectivity index (χ2n) is 3.56. The van der Waals surface area contributed by atoms with Crippen LogP contribution in [0.3, 0.4) is 0 Å². The molecule has 0 N–H and O–H groups in total. The topological polar surface area (TPSA) is 57.0 Å². The first-order chi connectivity index (χ1) is 8.54. The van der Waals surface area contributed by atoms with Crippen molar-refractivity contribution in [1.29, 1.82) is 0 Å². The minimum absolute atomic E-state index is 0.0869. The fraction of sp³-hybridized carbons (Fsp3) is 0.182. The van der Waals surface area contributed by atoms with Crippen LogP contribution < -0.4 is 0 Å². The average Bonchev–Trinajstić information content (AvgIpc) is 2.73. The standard InChI is InChI=1S/C11H9Cl2N3O2/c1-7(17)18-6-10-5-16(15-14-10)11-3-8(12)2-9(13)4-11/h2-5H,6H2,1H3. The van der Waals surface area contributed by atoms with Gasteiger partial charge in [-0.3, -0.25) is 4.79 Å². The number of hydrogen-bond donors (Lipinski definition) is 0. The molecule has 0 saturated carbocycles. The van der Waals surface area contributed by atoms with Gasteiger partial charge in [-0.2, -0.15) is 0 Å². The Morgan fingerprint density at radius 3 is 2.61 bits per heavy atom. The summed E-state index contributed by atoms with van der Waals surface area (Å²) in [7, 11) is 0. The van der Waals surface area contributed by atoms with E-state index in [1.165, 1.54) is 11.6 Å². The summed E-state index contributed by atoms with van der Waals surface area (Å²) >= 11 is 11.8. The van der Waals surface area contributed by atoms with E-state index in [0.717, 1.165) is 0 Å². The van der Waals surface area contributed by atoms with Gasteiger partial charge in [0, 0.05) is 17.0 Å². The summed E-state index contributed by atoms with van der Waals surface area (Å²) in [6.45, 7) is 1.42. The molecule has 0 aliphatic heterocycles. The minimum Gasteiger partial charge on any atom is -0.459 e. The number of ether oxygens (including phenoxy) is 1. The van der Waals surface area contributed by atoms with Crippen LogP contribution in [0.1, 0.15) is 12.6 Å². The van der Waals surface area contributed by atoms with Crippen molar-refractivity contribution in [3.63, 3.8) is 0 Å². The minimum atomic E-state index is -0.365. The first kappa shape index (κ1) is 12.9. The Bertz CT molecular complexity index is 563. The van der Waals surface area contributed by atoms with Gasteiger partial charge in [-0.15, -0.1) is 5.10 Å². The Morgan fingerprint density at radius 1 is 1.33 bits per heavy atom. The van der Waals surface area contributed by atoms with Gasteiger partial charge in [-0.1, -0.05) is 28.4 Å². The zero-order chi connectivity index (χ0) is 13.1. The van der Waals surface area contributed by atoms with E-state index >= 15 is 0 Å². The summed E-state index contributed by atoms with van der Waals surface area (Å²) in [6.07, 6.45) is 1.64. The van der Waals surface area contributed by atoms with Gasteiger partial charge < -0.3 is 4.74 Å². The molecule has 2 rings (SSSR count). The van der Waals surface area contributed by atoms with E-state index in [1.54, 1.807) is 24.4 Å². The zero-order valence-corrected chi connectivity index (χ0v) is 10.9. The molecule has 1 heterocycles. The largest absolute Gasteiger partial charge is 0.459 e. The number of carbonyl (C=O) groups excluding carboxylic acids is 1. The van der Waals surface area contributed by atoms with Gasteiger partial charge in [-0.25, -0.2) is 4.68 Å². The maximum Gasteiger partial charge on any atom is 0.303 e. The molecule has 0 atom stereocenters. The smallest absolute Gasteiger partial charge is 0.303 e. The van der Waals surface area contributed by atoms with Crippen molar-refractivity contribution in [2.75, 3.05) is 0 Å². The average molecular weight is 286 g/mol. The summed E-state index contributed by atoms with van der Waals surface area (Å²) in [5.41, 5.74) is 1.23. The normalized spacial score (nSPS) is 10.4. The van der Waals surface area contributed by atoms with Crippen LogP contribution in [0.25, 0.3) is 5.69 Å². The highest BCUT2D eigenvalue weighted by molar-refractivity contribution is 6.34. The number of rotatable bonds is 3. The molecular formula is C11H9Cl2N3O2. The van der Waals surface area contributed by atoms with Crippen molar-refractivity contribution in [2.45, 2.75) is 13.5 Å². The quantitative estimate of drug-likeness (QED) is 0.814. The summed E-state index contributed by atoms with van der Waals surface area (Å²) in [6, 6.07) is 5.04. The molecule has 0 bridgehead atoms. The lowest BCUT2D eigenvalue weighted by Crippen LogP contribution is -1.98. The van der Waals surface area contributed by atoms with Crippen molar-refractivity contribution < 1.29 is 9.53 Å². The molecule has 0 aliphatic carbocycles. The Hall–Kier alpha value is -1.59. The summed E-state index contributed by atoms with van der Waals surface area (Å²) in [5, 5.41) is 8.80. The van der Waals surface area contributed by atoms with E-state index in [1.807, 2.05) is 0 Å². The highest BCUT2D eigenvalue weighted by Gasteiger charge is 2.06. The second kappa shape index (κ2) is 5.37. The monoisotopic (exact) mass is 285 g/mol. The highest BCUT2D eigenvalue weighted by atomic mass is 35.5. The summed E-state index contributed by atoms with van der Waals surface area (Å²) in [4.78, 5) is 10.7. The number of hydrogen-bond acceptors (Lipinski definition) is 4. The SMILES string of the molecule is CC(=O)OCc1cn(-c2cc(Cl)cc(Cl)c2)nn1. The fourth-order valence-corrected chi connectivity index (χ4v) is 1.85. The Morgan fingerprint density at radius 2 is 2.00 bits per heavy atom. The number of aromatic nitrogens is 3. The van der Waals surface area contributed by atoms with Crippen LogP contribution in [0, 0.1) is 0 Å². The molecule has 1 aromatic carbocycles. The molecule has 0 aliphatic rings. The van der Waals surface area contributed by atoms with E-state index in [9.17, 15) is 4.79 Å². The Labute approximate surface area is 113 Å². The summed E-state index contributed by atoms with van der Waals surface area (Å²) < 4.78 is 6.33. The zero-order valence-electron chi connectivity index (χ0n) is 9.43. The number of nitrogens with zero attached hydrogens (tertiary/aromatic N) is 3. The van der Waals surface area contributed by atoms with Crippen molar-refractivity contribution in [1.82, 2.24) is 15.0 Å². The highest BCUT2D eigenvalue weighted by Crippen LogP contribution is 2.21. The van der Waals surface area contributed by atoms with E-state index in [2.05, 4.69) is 10.3 Å². The molecule has 0 amide bonds. The molecule has 0 unspecified atom stereocenters. The van der Waals surface area contributed by atoms with Gasteiger partial charge in [-0.05, 0) is 18.2 Å². The molecule has 94 valence electrons. The fourth-order valence-electron chi connectivity index (χ4n) is 1.34. The van der Waals surface area contributed by atoms with Crippen LogP contribution in [0.2, 0.25) is 10.0 Å². The van der Waals surface area contributed by atoms with E-state index in [4.69, 9.17) is 27.9 Å². The van der Waals surface area contributed by atoms with Gasteiger partial charge in [0.1, 0.15) is 12.3 Å².